The van der Waals surface area contributed by atoms with Gasteiger partial charge in [0.2, 0.25) is 0 Å². The lowest BCUT2D eigenvalue weighted by Crippen LogP contribution is -2.50. The van der Waals surface area contributed by atoms with Gasteiger partial charge in [0.15, 0.2) is 0 Å². The molecule has 0 spiro atoms. The molecule has 0 amide bonds. The van der Waals surface area contributed by atoms with E-state index < -0.39 is 0 Å². The van der Waals surface area contributed by atoms with Crippen LogP contribution >= 0.6 is 11.3 Å². The number of anilines is 1. The second kappa shape index (κ2) is 5.23. The molecule has 0 saturated carbocycles. The zero-order valence-corrected chi connectivity index (χ0v) is 13.6. The predicted molar refractivity (Wildman–Crippen MR) is 87.1 cm³/mol. The molecule has 3 rings (SSSR count). The minimum Gasteiger partial charge on any atom is -0.396 e. The molecule has 0 atom stereocenters. The third-order valence-electron chi connectivity index (χ3n) is 3.85. The molecule has 2 N–H and O–H groups in total. The van der Waals surface area contributed by atoms with Gasteiger partial charge in [-0.25, -0.2) is 4.98 Å². The van der Waals surface area contributed by atoms with Crippen molar-refractivity contribution in [2.75, 3.05) is 31.7 Å². The average molecular weight is 306 g/mol. The third kappa shape index (κ3) is 2.91. The number of fused-ring (bicyclic) bond motifs is 1. The fourth-order valence-corrected chi connectivity index (χ4v) is 3.35. The van der Waals surface area contributed by atoms with E-state index in [2.05, 4.69) is 44.3 Å². The van der Waals surface area contributed by atoms with Gasteiger partial charge in [0, 0.05) is 17.6 Å². The quantitative estimate of drug-likeness (QED) is 0.912. The molecule has 2 heterocycles. The second-order valence-corrected chi connectivity index (χ2v) is 7.99. The highest BCUT2D eigenvalue weighted by atomic mass is 32.1. The fourth-order valence-electron chi connectivity index (χ4n) is 2.28. The highest BCUT2D eigenvalue weighted by molar-refractivity contribution is 7.18. The van der Waals surface area contributed by atoms with E-state index in [0.29, 0.717) is 13.2 Å². The van der Waals surface area contributed by atoms with Gasteiger partial charge in [0.1, 0.15) is 0 Å². The van der Waals surface area contributed by atoms with Crippen molar-refractivity contribution in [2.24, 2.45) is 5.41 Å². The summed E-state index contributed by atoms with van der Waals surface area (Å²) in [6.45, 7) is 8.72. The van der Waals surface area contributed by atoms with Crippen molar-refractivity contribution in [3.05, 3.63) is 23.2 Å². The number of nitrogens with one attached hydrogen (secondary N) is 1. The van der Waals surface area contributed by atoms with Crippen LogP contribution in [-0.4, -0.2) is 36.5 Å². The number of thiazole rings is 1. The van der Waals surface area contributed by atoms with Gasteiger partial charge in [-0.15, -0.1) is 11.3 Å². The van der Waals surface area contributed by atoms with E-state index in [1.54, 1.807) is 11.3 Å². The largest absolute Gasteiger partial charge is 0.396 e. The number of ether oxygens (including phenoxy) is 1. The maximum atomic E-state index is 9.45. The average Bonchev–Trinajstić information content (AvgIpc) is 2.81. The number of benzene rings is 1. The maximum Gasteiger partial charge on any atom is 0.0992 e. The van der Waals surface area contributed by atoms with Gasteiger partial charge in [-0.1, -0.05) is 20.8 Å². The van der Waals surface area contributed by atoms with Gasteiger partial charge in [-0.3, -0.25) is 0 Å². The van der Waals surface area contributed by atoms with Crippen molar-refractivity contribution in [3.63, 3.8) is 0 Å². The number of aliphatic hydroxyl groups is 1. The van der Waals surface area contributed by atoms with E-state index in [4.69, 9.17) is 9.72 Å². The SMILES string of the molecule is CC(C)(C)c1nc2ccc(NCC3(CO)COC3)cc2s1. The molecule has 1 aromatic carbocycles. The van der Waals surface area contributed by atoms with Gasteiger partial charge >= 0.3 is 0 Å². The Hall–Kier alpha value is -1.17. The van der Waals surface area contributed by atoms with Crippen LogP contribution in [0.25, 0.3) is 10.2 Å². The standard InChI is InChI=1S/C16H22N2O2S/c1-15(2,3)14-18-12-5-4-11(6-13(12)21-14)17-7-16(8-19)9-20-10-16/h4-6,17,19H,7-10H2,1-3H3. The molecule has 5 heteroatoms. The summed E-state index contributed by atoms with van der Waals surface area (Å²) in [6, 6.07) is 6.26. The summed E-state index contributed by atoms with van der Waals surface area (Å²) < 4.78 is 6.42. The summed E-state index contributed by atoms with van der Waals surface area (Å²) in [7, 11) is 0. The van der Waals surface area contributed by atoms with Crippen molar-refractivity contribution in [3.8, 4) is 0 Å². The molecule has 2 aromatic rings. The second-order valence-electron chi connectivity index (χ2n) is 6.96. The fraction of sp³-hybridized carbons (Fsp3) is 0.562. The smallest absolute Gasteiger partial charge is 0.0992 e. The van der Waals surface area contributed by atoms with E-state index in [1.165, 1.54) is 4.70 Å². The number of nitrogens with zero attached hydrogens (tertiary/aromatic N) is 1. The minimum atomic E-state index is -0.112. The van der Waals surface area contributed by atoms with E-state index in [1.807, 2.05) is 0 Å². The Morgan fingerprint density at radius 2 is 2.14 bits per heavy atom. The molecule has 1 aliphatic heterocycles. The van der Waals surface area contributed by atoms with Gasteiger partial charge in [-0.05, 0) is 18.2 Å². The van der Waals surface area contributed by atoms with Gasteiger partial charge in [0.25, 0.3) is 0 Å². The van der Waals surface area contributed by atoms with Crippen LogP contribution in [0, 0.1) is 5.41 Å². The molecule has 1 aromatic heterocycles. The van der Waals surface area contributed by atoms with Crippen LogP contribution in [0.4, 0.5) is 5.69 Å². The molecule has 21 heavy (non-hydrogen) atoms. The summed E-state index contributed by atoms with van der Waals surface area (Å²) in [4.78, 5) is 4.71. The molecule has 0 bridgehead atoms. The van der Waals surface area contributed by atoms with Crippen LogP contribution in [0.5, 0.6) is 0 Å². The zero-order chi connectivity index (χ0) is 15.1. The van der Waals surface area contributed by atoms with E-state index in [0.717, 1.165) is 22.8 Å². The summed E-state index contributed by atoms with van der Waals surface area (Å²) >= 11 is 1.75. The Morgan fingerprint density at radius 3 is 2.71 bits per heavy atom. The molecular weight excluding hydrogens is 284 g/mol. The monoisotopic (exact) mass is 306 g/mol. The Bertz CT molecular complexity index is 636. The summed E-state index contributed by atoms with van der Waals surface area (Å²) in [6.07, 6.45) is 0. The van der Waals surface area contributed by atoms with E-state index >= 15 is 0 Å². The normalized spacial score (nSPS) is 17.7. The first-order chi connectivity index (χ1) is 9.92. The summed E-state index contributed by atoms with van der Waals surface area (Å²) in [5, 5.41) is 14.0. The van der Waals surface area contributed by atoms with E-state index in [-0.39, 0.29) is 17.4 Å². The van der Waals surface area contributed by atoms with Gasteiger partial charge < -0.3 is 15.2 Å². The van der Waals surface area contributed by atoms with Gasteiger partial charge in [-0.2, -0.15) is 0 Å². The Kier molecular flexibility index (Phi) is 3.67. The molecule has 1 fully saturated rings. The Labute approximate surface area is 129 Å². The van der Waals surface area contributed by atoms with Crippen LogP contribution in [-0.2, 0) is 10.2 Å². The van der Waals surface area contributed by atoms with Crippen molar-refractivity contribution in [1.82, 2.24) is 4.98 Å². The number of hydrogen-bond acceptors (Lipinski definition) is 5. The minimum absolute atomic E-state index is 0.0848. The number of aliphatic hydroxyl groups excluding tert-OH is 1. The van der Waals surface area contributed by atoms with Crippen molar-refractivity contribution >= 4 is 27.2 Å². The van der Waals surface area contributed by atoms with Crippen molar-refractivity contribution < 1.29 is 9.84 Å². The Morgan fingerprint density at radius 1 is 1.38 bits per heavy atom. The summed E-state index contributed by atoms with van der Waals surface area (Å²) in [5.74, 6) is 0. The van der Waals surface area contributed by atoms with Crippen LogP contribution < -0.4 is 5.32 Å². The van der Waals surface area contributed by atoms with Crippen LogP contribution in [0.1, 0.15) is 25.8 Å². The maximum absolute atomic E-state index is 9.45. The molecule has 1 aliphatic rings. The molecule has 0 unspecified atom stereocenters. The molecule has 114 valence electrons. The van der Waals surface area contributed by atoms with Gasteiger partial charge in [0.05, 0.1) is 40.5 Å². The lowest BCUT2D eigenvalue weighted by Gasteiger charge is -2.40. The first-order valence-corrected chi connectivity index (χ1v) is 8.07. The number of hydrogen-bond donors (Lipinski definition) is 2. The van der Waals surface area contributed by atoms with E-state index in [9.17, 15) is 5.11 Å². The van der Waals surface area contributed by atoms with Crippen LogP contribution in [0.15, 0.2) is 18.2 Å². The molecular formula is C16H22N2O2S. The molecule has 1 saturated heterocycles. The number of aromatic nitrogens is 1. The van der Waals surface area contributed by atoms with Crippen molar-refractivity contribution in [2.45, 2.75) is 26.2 Å². The molecule has 0 radical (unpaired) electrons. The first-order valence-electron chi connectivity index (χ1n) is 7.25. The predicted octanol–water partition coefficient (Wildman–Crippen LogP) is 3.01. The van der Waals surface area contributed by atoms with Crippen LogP contribution in [0.3, 0.4) is 0 Å². The molecule has 0 aliphatic carbocycles. The highest BCUT2D eigenvalue weighted by Crippen LogP contribution is 2.33. The Balaban J connectivity index is 1.78. The van der Waals surface area contributed by atoms with Crippen LogP contribution in [0.2, 0.25) is 0 Å². The number of rotatable bonds is 4. The molecule has 4 nitrogen and oxygen atoms in total. The summed E-state index contributed by atoms with van der Waals surface area (Å²) in [5.41, 5.74) is 2.10. The zero-order valence-electron chi connectivity index (χ0n) is 12.8. The first kappa shape index (κ1) is 14.8. The lowest BCUT2D eigenvalue weighted by molar-refractivity contribution is -0.128. The highest BCUT2D eigenvalue weighted by Gasteiger charge is 2.37. The topological polar surface area (TPSA) is 54.4 Å². The lowest BCUT2D eigenvalue weighted by atomic mass is 9.87. The van der Waals surface area contributed by atoms with Crippen molar-refractivity contribution in [1.29, 1.82) is 0 Å². The third-order valence-corrected chi connectivity index (χ3v) is 5.29.